The number of hydrogen-bond acceptors (Lipinski definition) is 8. The van der Waals surface area contributed by atoms with Crippen molar-refractivity contribution in [3.8, 4) is 5.75 Å². The van der Waals surface area contributed by atoms with E-state index in [0.717, 1.165) is 9.87 Å². The van der Waals surface area contributed by atoms with Crippen molar-refractivity contribution in [2.45, 2.75) is 17.9 Å². The van der Waals surface area contributed by atoms with E-state index < -0.39 is 34.3 Å². The van der Waals surface area contributed by atoms with E-state index in [4.69, 9.17) is 9.15 Å². The number of hydrazone groups is 1. The molecule has 0 saturated carbocycles. The van der Waals surface area contributed by atoms with Crippen molar-refractivity contribution in [3.05, 3.63) is 114 Å². The van der Waals surface area contributed by atoms with Crippen molar-refractivity contribution in [1.82, 2.24) is 15.0 Å². The van der Waals surface area contributed by atoms with Crippen LogP contribution in [-0.2, 0) is 37.4 Å². The first-order valence-corrected chi connectivity index (χ1v) is 14.9. The van der Waals surface area contributed by atoms with E-state index in [1.165, 1.54) is 37.6 Å². The Morgan fingerprint density at radius 2 is 1.57 bits per heavy atom. The van der Waals surface area contributed by atoms with Crippen LogP contribution in [0.4, 0.5) is 5.69 Å². The number of methoxy groups -OCH3 is 1. The molecule has 13 heteroatoms. The van der Waals surface area contributed by atoms with E-state index in [2.05, 4.69) is 21.2 Å². The molecule has 0 atom stereocenters. The Kier molecular flexibility index (Phi) is 11.0. The molecule has 0 spiro atoms. The number of amides is 3. The second kappa shape index (κ2) is 15.3. The minimum absolute atomic E-state index is 0.0235. The van der Waals surface area contributed by atoms with E-state index in [9.17, 15) is 22.8 Å². The van der Waals surface area contributed by atoms with Gasteiger partial charge in [0.2, 0.25) is 10.0 Å². The third-order valence-corrected chi connectivity index (χ3v) is 8.09. The van der Waals surface area contributed by atoms with E-state index in [-0.39, 0.29) is 23.7 Å². The number of anilines is 1. The summed E-state index contributed by atoms with van der Waals surface area (Å²) in [5.41, 5.74) is 3.73. The molecule has 4 rings (SSSR count). The Bertz CT molecular complexity index is 1690. The quantitative estimate of drug-likeness (QED) is 0.118. The van der Waals surface area contributed by atoms with Crippen molar-refractivity contribution in [1.29, 1.82) is 0 Å². The van der Waals surface area contributed by atoms with Crippen LogP contribution in [0.1, 0.15) is 17.1 Å². The van der Waals surface area contributed by atoms with E-state index in [0.29, 0.717) is 23.6 Å². The minimum atomic E-state index is -4.02. The van der Waals surface area contributed by atoms with Gasteiger partial charge in [0.1, 0.15) is 17.3 Å². The molecule has 3 N–H and O–H groups in total. The van der Waals surface area contributed by atoms with Gasteiger partial charge in [-0.3, -0.25) is 14.4 Å². The van der Waals surface area contributed by atoms with Crippen LogP contribution in [0.5, 0.6) is 5.75 Å². The second-order valence-electron chi connectivity index (χ2n) is 9.35. The van der Waals surface area contributed by atoms with Crippen LogP contribution in [0.15, 0.2) is 111 Å². The highest BCUT2D eigenvalue weighted by Crippen LogP contribution is 2.20. The van der Waals surface area contributed by atoms with Gasteiger partial charge in [0, 0.05) is 12.2 Å². The van der Waals surface area contributed by atoms with Crippen LogP contribution in [0, 0.1) is 0 Å². The van der Waals surface area contributed by atoms with Gasteiger partial charge in [-0.1, -0.05) is 48.5 Å². The molecular formula is C31H31N5O7S. The van der Waals surface area contributed by atoms with E-state index >= 15 is 0 Å². The standard InChI is InChI=1S/C31H31N5O7S/c1-42-25-14-16-28(17-15-25)44(40,41)36(19-18-23-8-4-2-5-9-23)22-29(37)35-33-21-27-13-12-26(43-27)20-32-30(38)31(39)34-24-10-6-3-7-11-24/h2-17,21H,18-20,22H2,1H3,(H,32,38)(H,34,39)(H,35,37)/b33-21-. The van der Waals surface area contributed by atoms with Gasteiger partial charge in [-0.2, -0.15) is 9.41 Å². The lowest BCUT2D eigenvalue weighted by atomic mass is 10.1. The number of nitrogens with zero attached hydrogens (tertiary/aromatic N) is 2. The fraction of sp³-hybridized carbons (Fsp3) is 0.161. The largest absolute Gasteiger partial charge is 0.497 e. The van der Waals surface area contributed by atoms with Crippen LogP contribution in [0.25, 0.3) is 0 Å². The molecule has 0 aliphatic rings. The predicted octanol–water partition coefficient (Wildman–Crippen LogP) is 2.93. The Balaban J connectivity index is 1.32. The molecule has 0 saturated heterocycles. The summed E-state index contributed by atoms with van der Waals surface area (Å²) in [6, 6.07) is 27.0. The average molecular weight is 618 g/mol. The first kappa shape index (κ1) is 31.7. The lowest BCUT2D eigenvalue weighted by molar-refractivity contribution is -0.136. The number of furan rings is 1. The number of ether oxygens (including phenoxy) is 1. The van der Waals surface area contributed by atoms with Gasteiger partial charge in [-0.05, 0) is 60.5 Å². The highest BCUT2D eigenvalue weighted by molar-refractivity contribution is 7.89. The predicted molar refractivity (Wildman–Crippen MR) is 163 cm³/mol. The summed E-state index contributed by atoms with van der Waals surface area (Å²) in [5, 5.41) is 8.81. The fourth-order valence-corrected chi connectivity index (χ4v) is 5.36. The Labute approximate surface area is 254 Å². The normalized spacial score (nSPS) is 11.3. The Morgan fingerprint density at radius 1 is 0.886 bits per heavy atom. The first-order valence-electron chi connectivity index (χ1n) is 13.5. The molecule has 3 amide bonds. The van der Waals surface area contributed by atoms with Crippen molar-refractivity contribution in [2.24, 2.45) is 5.10 Å². The zero-order chi connectivity index (χ0) is 31.4. The summed E-state index contributed by atoms with van der Waals surface area (Å²) < 4.78 is 38.6. The second-order valence-corrected chi connectivity index (χ2v) is 11.3. The Hall–Kier alpha value is -5.27. The fourth-order valence-electron chi connectivity index (χ4n) is 3.96. The number of rotatable bonds is 13. The molecule has 0 aliphatic heterocycles. The zero-order valence-electron chi connectivity index (χ0n) is 23.8. The summed E-state index contributed by atoms with van der Waals surface area (Å²) in [4.78, 5) is 36.9. The summed E-state index contributed by atoms with van der Waals surface area (Å²) in [7, 11) is -2.54. The number of carbonyl (C=O) groups is 3. The van der Waals surface area contributed by atoms with Crippen LogP contribution in [0.2, 0.25) is 0 Å². The number of hydrogen-bond donors (Lipinski definition) is 3. The molecule has 4 aromatic rings. The van der Waals surface area contributed by atoms with E-state index in [1.54, 1.807) is 42.5 Å². The van der Waals surface area contributed by atoms with Crippen molar-refractivity contribution >= 4 is 39.6 Å². The topological polar surface area (TPSA) is 159 Å². The molecule has 1 heterocycles. The van der Waals surface area contributed by atoms with Gasteiger partial charge in [-0.15, -0.1) is 0 Å². The molecule has 12 nitrogen and oxygen atoms in total. The summed E-state index contributed by atoms with van der Waals surface area (Å²) >= 11 is 0. The lowest BCUT2D eigenvalue weighted by Gasteiger charge is -2.21. The maximum absolute atomic E-state index is 13.4. The molecule has 0 bridgehead atoms. The van der Waals surface area contributed by atoms with Crippen molar-refractivity contribution in [3.63, 3.8) is 0 Å². The SMILES string of the molecule is COc1ccc(S(=O)(=O)N(CCc2ccccc2)CC(=O)N/N=C\c2ccc(CNC(=O)C(=O)Nc3ccccc3)o2)cc1. The maximum Gasteiger partial charge on any atom is 0.313 e. The molecule has 0 fully saturated rings. The number of sulfonamides is 1. The van der Waals surface area contributed by atoms with Gasteiger partial charge in [-0.25, -0.2) is 13.8 Å². The number of para-hydroxylation sites is 1. The Morgan fingerprint density at radius 3 is 2.25 bits per heavy atom. The van der Waals surface area contributed by atoms with E-state index in [1.807, 2.05) is 30.3 Å². The third kappa shape index (κ3) is 9.11. The number of carbonyl (C=O) groups excluding carboxylic acids is 3. The monoisotopic (exact) mass is 617 g/mol. The molecule has 228 valence electrons. The van der Waals surface area contributed by atoms with Crippen molar-refractivity contribution in [2.75, 3.05) is 25.5 Å². The van der Waals surface area contributed by atoms with Gasteiger partial charge in [0.25, 0.3) is 5.91 Å². The van der Waals surface area contributed by atoms with Crippen LogP contribution in [0.3, 0.4) is 0 Å². The smallest absolute Gasteiger partial charge is 0.313 e. The highest BCUT2D eigenvalue weighted by atomic mass is 32.2. The number of nitrogens with one attached hydrogen (secondary N) is 3. The maximum atomic E-state index is 13.4. The summed E-state index contributed by atoms with van der Waals surface area (Å²) in [6.45, 7) is -0.466. The molecule has 3 aromatic carbocycles. The van der Waals surface area contributed by atoms with Gasteiger partial charge in [0.15, 0.2) is 0 Å². The molecule has 0 radical (unpaired) electrons. The highest BCUT2D eigenvalue weighted by Gasteiger charge is 2.26. The average Bonchev–Trinajstić information content (AvgIpc) is 3.50. The zero-order valence-corrected chi connectivity index (χ0v) is 24.6. The molecule has 44 heavy (non-hydrogen) atoms. The van der Waals surface area contributed by atoms with Crippen LogP contribution >= 0.6 is 0 Å². The molecule has 0 aliphatic carbocycles. The molecule has 0 unspecified atom stereocenters. The minimum Gasteiger partial charge on any atom is -0.497 e. The number of benzene rings is 3. The van der Waals surface area contributed by atoms with Gasteiger partial charge >= 0.3 is 11.8 Å². The first-order chi connectivity index (χ1) is 21.2. The lowest BCUT2D eigenvalue weighted by Crippen LogP contribution is -2.40. The molecule has 1 aromatic heterocycles. The van der Waals surface area contributed by atoms with Crippen molar-refractivity contribution < 1.29 is 32.0 Å². The summed E-state index contributed by atoms with van der Waals surface area (Å²) in [6.07, 6.45) is 1.63. The third-order valence-electron chi connectivity index (χ3n) is 6.23. The van der Waals surface area contributed by atoms with Gasteiger partial charge in [0.05, 0.1) is 31.3 Å². The van der Waals surface area contributed by atoms with Gasteiger partial charge < -0.3 is 19.8 Å². The van der Waals surface area contributed by atoms with Crippen LogP contribution < -0.4 is 20.8 Å². The molecular weight excluding hydrogens is 586 g/mol. The van der Waals surface area contributed by atoms with Crippen LogP contribution in [-0.4, -0.2) is 56.9 Å². The summed E-state index contributed by atoms with van der Waals surface area (Å²) in [5.74, 6) is -1.21.